The monoisotopic (exact) mass is 365 g/mol. The van der Waals surface area contributed by atoms with Gasteiger partial charge in [0.25, 0.3) is 6.04 Å². The Bertz CT molecular complexity index is 593. The quantitative estimate of drug-likeness (QED) is 0.404. The average molecular weight is 366 g/mol. The summed E-state index contributed by atoms with van der Waals surface area (Å²) in [4.78, 5) is 3.92. The van der Waals surface area contributed by atoms with Crippen LogP contribution in [-0.2, 0) is 4.74 Å². The Morgan fingerprint density at radius 2 is 1.88 bits per heavy atom. The van der Waals surface area contributed by atoms with E-state index in [2.05, 4.69) is 32.2 Å². The van der Waals surface area contributed by atoms with Gasteiger partial charge in [0.2, 0.25) is 0 Å². The molecule has 3 aliphatic rings. The molecule has 25 heavy (non-hydrogen) atoms. The third-order valence-electron chi connectivity index (χ3n) is 7.26. The number of ether oxygens (including phenoxy) is 1. The molecule has 140 valence electrons. The van der Waals surface area contributed by atoms with Gasteiger partial charge in [0.15, 0.2) is 0 Å². The molecule has 3 rings (SSSR count). The lowest BCUT2D eigenvalue weighted by atomic mass is 9.54. The topological polar surface area (TPSA) is 33.8 Å². The number of hydrogen-bond donors (Lipinski definition) is 1. The molecule has 2 saturated carbocycles. The summed E-state index contributed by atoms with van der Waals surface area (Å²) in [7, 11) is 0. The molecule has 1 aliphatic heterocycles. The van der Waals surface area contributed by atoms with Gasteiger partial charge in [0.05, 0.1) is 16.6 Å². The lowest BCUT2D eigenvalue weighted by Crippen LogP contribution is -2.61. The second-order valence-corrected chi connectivity index (χ2v) is 10.0. The first-order valence-corrected chi connectivity index (χ1v) is 10.1. The van der Waals surface area contributed by atoms with Crippen molar-refractivity contribution in [1.29, 1.82) is 0 Å². The lowest BCUT2D eigenvalue weighted by Gasteiger charge is -2.56. The Morgan fingerprint density at radius 1 is 1.20 bits per heavy atom. The first kappa shape index (κ1) is 19.2. The molecular weight excluding hydrogens is 334 g/mol. The van der Waals surface area contributed by atoms with Crippen LogP contribution in [0.2, 0.25) is 0 Å². The van der Waals surface area contributed by atoms with E-state index in [0.717, 1.165) is 32.1 Å². The Balaban J connectivity index is 1.97. The average Bonchev–Trinajstić information content (AvgIpc) is 2.50. The molecule has 0 aromatic heterocycles. The van der Waals surface area contributed by atoms with Crippen LogP contribution in [0.3, 0.4) is 0 Å². The molecular formula is C21H32ClNO2. The molecule has 2 aliphatic carbocycles. The molecule has 3 fully saturated rings. The van der Waals surface area contributed by atoms with Gasteiger partial charge in [-0.2, -0.15) is 0 Å². The Morgan fingerprint density at radius 3 is 2.48 bits per heavy atom. The van der Waals surface area contributed by atoms with E-state index in [1.807, 2.05) is 6.92 Å². The maximum Gasteiger partial charge on any atom is 0.255 e. The van der Waals surface area contributed by atoms with E-state index < -0.39 is 5.60 Å². The third-order valence-corrected chi connectivity index (χ3v) is 8.01. The minimum Gasteiger partial charge on any atom is -0.382 e. The lowest BCUT2D eigenvalue weighted by molar-refractivity contribution is -0.210. The standard InChI is InChI=1S/C21H32ClNO2/c1-13-7-8-15(21(5)12-10-16(22)19(2,3)25-21)17-14(13)9-11-20(4,24)18(17)23-6/h14-18,24H,1,7-12H2,2-5H3/t14-,15+,16+,17?,18-,20-,21-/m1/s1. The fourth-order valence-corrected chi connectivity index (χ4v) is 5.95. The zero-order valence-corrected chi connectivity index (χ0v) is 16.8. The minimum atomic E-state index is -0.922. The van der Waals surface area contributed by atoms with Crippen molar-refractivity contribution in [1.82, 2.24) is 0 Å². The van der Waals surface area contributed by atoms with Crippen LogP contribution in [0.4, 0.5) is 0 Å². The van der Waals surface area contributed by atoms with Crippen LogP contribution in [0.25, 0.3) is 4.85 Å². The van der Waals surface area contributed by atoms with Crippen LogP contribution in [0.5, 0.6) is 0 Å². The molecule has 0 aromatic rings. The van der Waals surface area contributed by atoms with E-state index >= 15 is 0 Å². The number of alkyl halides is 1. The van der Waals surface area contributed by atoms with Crippen molar-refractivity contribution in [3.8, 4) is 0 Å². The molecule has 1 saturated heterocycles. The van der Waals surface area contributed by atoms with E-state index in [1.165, 1.54) is 5.57 Å². The molecule has 7 atom stereocenters. The van der Waals surface area contributed by atoms with Crippen LogP contribution in [-0.4, -0.2) is 33.3 Å². The van der Waals surface area contributed by atoms with Gasteiger partial charge in [-0.25, -0.2) is 6.57 Å². The first-order valence-electron chi connectivity index (χ1n) is 9.63. The highest BCUT2D eigenvalue weighted by Crippen LogP contribution is 2.56. The predicted molar refractivity (Wildman–Crippen MR) is 102 cm³/mol. The van der Waals surface area contributed by atoms with Crippen LogP contribution >= 0.6 is 11.6 Å². The number of allylic oxidation sites excluding steroid dienone is 1. The van der Waals surface area contributed by atoms with E-state index in [9.17, 15) is 5.11 Å². The molecule has 3 nitrogen and oxygen atoms in total. The highest BCUT2D eigenvalue weighted by molar-refractivity contribution is 6.21. The van der Waals surface area contributed by atoms with Crippen molar-refractivity contribution >= 4 is 11.6 Å². The van der Waals surface area contributed by atoms with E-state index in [0.29, 0.717) is 12.3 Å². The van der Waals surface area contributed by atoms with Crippen LogP contribution in [0.15, 0.2) is 12.2 Å². The number of halogens is 1. The van der Waals surface area contributed by atoms with Crippen LogP contribution < -0.4 is 0 Å². The van der Waals surface area contributed by atoms with Crippen LogP contribution in [0.1, 0.15) is 66.2 Å². The third kappa shape index (κ3) is 3.15. The van der Waals surface area contributed by atoms with Gasteiger partial charge in [-0.05, 0) is 78.1 Å². The summed E-state index contributed by atoms with van der Waals surface area (Å²) in [5.41, 5.74) is -0.328. The second kappa shape index (κ2) is 6.25. The summed E-state index contributed by atoms with van der Waals surface area (Å²) >= 11 is 6.51. The van der Waals surface area contributed by atoms with Crippen molar-refractivity contribution < 1.29 is 9.84 Å². The van der Waals surface area contributed by atoms with Gasteiger partial charge in [-0.3, -0.25) is 0 Å². The Kier molecular flexibility index (Phi) is 4.81. The van der Waals surface area contributed by atoms with E-state index in [4.69, 9.17) is 22.9 Å². The van der Waals surface area contributed by atoms with E-state index in [1.54, 1.807) is 0 Å². The molecule has 0 amide bonds. The number of nitrogens with zero attached hydrogens (tertiary/aromatic N) is 1. The highest BCUT2D eigenvalue weighted by Gasteiger charge is 2.60. The summed E-state index contributed by atoms with van der Waals surface area (Å²) < 4.78 is 6.61. The molecule has 1 unspecified atom stereocenters. The van der Waals surface area contributed by atoms with Gasteiger partial charge >= 0.3 is 0 Å². The van der Waals surface area contributed by atoms with Crippen molar-refractivity contribution in [2.24, 2.45) is 17.8 Å². The largest absolute Gasteiger partial charge is 0.382 e. The summed E-state index contributed by atoms with van der Waals surface area (Å²) in [5, 5.41) is 10.9. The van der Waals surface area contributed by atoms with Crippen LogP contribution in [0, 0.1) is 24.3 Å². The number of hydrogen-bond acceptors (Lipinski definition) is 2. The zero-order chi connectivity index (χ0) is 18.6. The highest BCUT2D eigenvalue weighted by atomic mass is 35.5. The predicted octanol–water partition coefficient (Wildman–Crippen LogP) is 4.97. The molecule has 1 heterocycles. The fourth-order valence-electron chi connectivity index (χ4n) is 5.79. The normalized spacial score (nSPS) is 50.0. The maximum absolute atomic E-state index is 10.9. The molecule has 1 N–H and O–H groups in total. The Hall–Kier alpha value is -0.560. The first-order chi connectivity index (χ1) is 11.5. The molecule has 4 heteroatoms. The molecule has 0 spiro atoms. The second-order valence-electron chi connectivity index (χ2n) is 9.48. The minimum absolute atomic E-state index is 0.0149. The smallest absolute Gasteiger partial charge is 0.255 e. The maximum atomic E-state index is 10.9. The summed E-state index contributed by atoms with van der Waals surface area (Å²) in [6, 6.07) is -0.384. The zero-order valence-electron chi connectivity index (χ0n) is 16.0. The summed E-state index contributed by atoms with van der Waals surface area (Å²) in [5.74, 6) is 0.711. The van der Waals surface area contributed by atoms with Crippen molar-refractivity contribution in [3.05, 3.63) is 23.6 Å². The number of rotatable bonds is 1. The van der Waals surface area contributed by atoms with Gasteiger partial charge in [-0.15, -0.1) is 11.6 Å². The number of fused-ring (bicyclic) bond motifs is 1. The van der Waals surface area contributed by atoms with Gasteiger partial charge in [0.1, 0.15) is 5.60 Å². The van der Waals surface area contributed by atoms with Crippen molar-refractivity contribution in [2.75, 3.05) is 0 Å². The van der Waals surface area contributed by atoms with Gasteiger partial charge < -0.3 is 14.7 Å². The van der Waals surface area contributed by atoms with Gasteiger partial charge in [-0.1, -0.05) is 12.2 Å². The molecule has 0 aromatic carbocycles. The van der Waals surface area contributed by atoms with Crippen molar-refractivity contribution in [3.63, 3.8) is 0 Å². The Labute approximate surface area is 157 Å². The summed E-state index contributed by atoms with van der Waals surface area (Å²) in [6.45, 7) is 20.3. The fraction of sp³-hybridized carbons (Fsp3) is 0.857. The summed E-state index contributed by atoms with van der Waals surface area (Å²) in [6.07, 6.45) is 5.44. The molecule has 0 bridgehead atoms. The molecule has 0 radical (unpaired) electrons. The number of aliphatic hydroxyl groups is 1. The SMILES string of the molecule is [C-]#[N+][C@@H]1C2[C@H](CC[C@@]1(C)O)C(=C)CC[C@@H]2[C@@]1(C)CC[C@H](Cl)C(C)(C)O1. The van der Waals surface area contributed by atoms with Gasteiger partial charge in [0, 0.05) is 5.92 Å². The van der Waals surface area contributed by atoms with E-state index in [-0.39, 0.29) is 34.5 Å². The van der Waals surface area contributed by atoms with Crippen molar-refractivity contribution in [2.45, 2.75) is 94.4 Å².